The third-order valence-corrected chi connectivity index (χ3v) is 3.33. The van der Waals surface area contributed by atoms with Crippen LogP contribution in [0.1, 0.15) is 24.2 Å². The lowest BCUT2D eigenvalue weighted by Gasteiger charge is -2.19. The first-order valence-corrected chi connectivity index (χ1v) is 6.98. The molecule has 0 radical (unpaired) electrons. The lowest BCUT2D eigenvalue weighted by molar-refractivity contribution is -0.0498. The quantitative estimate of drug-likeness (QED) is 0.809. The molecule has 0 aliphatic rings. The van der Waals surface area contributed by atoms with Crippen LogP contribution in [0.5, 0.6) is 5.75 Å². The van der Waals surface area contributed by atoms with E-state index in [9.17, 15) is 13.6 Å². The third-order valence-electron chi connectivity index (χ3n) is 2.63. The van der Waals surface area contributed by atoms with Gasteiger partial charge >= 0.3 is 6.61 Å². The summed E-state index contributed by atoms with van der Waals surface area (Å²) < 4.78 is 28.2. The number of hydrogen-bond donors (Lipinski definition) is 1. The predicted octanol–water partition coefficient (Wildman–Crippen LogP) is 3.44. The van der Waals surface area contributed by atoms with Crippen LogP contribution in [0.25, 0.3) is 0 Å². The fourth-order valence-electron chi connectivity index (χ4n) is 1.42. The molecule has 1 unspecified atom stereocenters. The first-order valence-electron chi connectivity index (χ1n) is 5.85. The summed E-state index contributed by atoms with van der Waals surface area (Å²) in [5, 5.41) is 3.52. The van der Waals surface area contributed by atoms with Crippen molar-refractivity contribution in [3.8, 4) is 5.75 Å². The number of nitrogens with one attached hydrogen (secondary N) is 1. The molecule has 19 heavy (non-hydrogen) atoms. The number of ether oxygens (including phenoxy) is 1. The second-order valence-corrected chi connectivity index (χ2v) is 5.03. The number of rotatable bonds is 6. The molecular formula is C13H16BrF2NO2. The van der Waals surface area contributed by atoms with E-state index in [1.165, 1.54) is 24.3 Å². The van der Waals surface area contributed by atoms with Gasteiger partial charge < -0.3 is 10.1 Å². The van der Waals surface area contributed by atoms with Crippen LogP contribution in [-0.2, 0) is 0 Å². The van der Waals surface area contributed by atoms with Crippen LogP contribution in [0.2, 0.25) is 0 Å². The van der Waals surface area contributed by atoms with Crippen LogP contribution in [0.15, 0.2) is 24.3 Å². The Bertz CT molecular complexity index is 410. The van der Waals surface area contributed by atoms with Gasteiger partial charge in [-0.05, 0) is 30.2 Å². The van der Waals surface area contributed by atoms with Gasteiger partial charge in [-0.15, -0.1) is 0 Å². The molecule has 0 aliphatic heterocycles. The molecule has 1 aromatic carbocycles. The minimum absolute atomic E-state index is 0.0180. The Hall–Kier alpha value is -1.17. The first-order chi connectivity index (χ1) is 8.93. The second kappa shape index (κ2) is 7.43. The smallest absolute Gasteiger partial charge is 0.387 e. The van der Waals surface area contributed by atoms with Gasteiger partial charge in [0.1, 0.15) is 5.75 Å². The summed E-state index contributed by atoms with van der Waals surface area (Å²) in [6.07, 6.45) is 0. The minimum atomic E-state index is -2.86. The molecule has 0 aromatic heterocycles. The summed E-state index contributed by atoms with van der Waals surface area (Å²) in [4.78, 5) is 11.9. The number of amides is 1. The summed E-state index contributed by atoms with van der Waals surface area (Å²) in [6.45, 7) is 1.15. The Kier molecular flexibility index (Phi) is 6.21. The first kappa shape index (κ1) is 15.9. The Morgan fingerprint density at radius 1 is 1.32 bits per heavy atom. The monoisotopic (exact) mass is 335 g/mol. The van der Waals surface area contributed by atoms with Crippen molar-refractivity contribution >= 4 is 21.8 Å². The van der Waals surface area contributed by atoms with Gasteiger partial charge in [0, 0.05) is 16.9 Å². The standard InChI is InChI=1S/C13H16BrF2NO2/c1-8(2)11(7-14)17-12(18)9-3-5-10(6-4-9)19-13(15)16/h3-6,8,11,13H,7H2,1-2H3,(H,17,18). The Morgan fingerprint density at radius 3 is 2.32 bits per heavy atom. The average Bonchev–Trinajstić information content (AvgIpc) is 2.35. The summed E-state index contributed by atoms with van der Waals surface area (Å²) >= 11 is 3.34. The highest BCUT2D eigenvalue weighted by molar-refractivity contribution is 9.09. The van der Waals surface area contributed by atoms with E-state index in [0.29, 0.717) is 16.8 Å². The molecule has 1 aromatic rings. The van der Waals surface area contributed by atoms with Crippen LogP contribution in [0, 0.1) is 5.92 Å². The third kappa shape index (κ3) is 5.14. The molecule has 1 amide bonds. The van der Waals surface area contributed by atoms with Crippen molar-refractivity contribution in [2.24, 2.45) is 5.92 Å². The number of halogens is 3. The molecule has 0 bridgehead atoms. The normalized spacial score (nSPS) is 12.6. The van der Waals surface area contributed by atoms with Gasteiger partial charge in [0.25, 0.3) is 5.91 Å². The zero-order valence-corrected chi connectivity index (χ0v) is 12.3. The van der Waals surface area contributed by atoms with Crippen molar-refractivity contribution in [3.63, 3.8) is 0 Å². The molecule has 0 saturated carbocycles. The van der Waals surface area contributed by atoms with Crippen molar-refractivity contribution in [1.82, 2.24) is 5.32 Å². The molecule has 0 spiro atoms. The van der Waals surface area contributed by atoms with Crippen molar-refractivity contribution in [3.05, 3.63) is 29.8 Å². The predicted molar refractivity (Wildman–Crippen MR) is 73.0 cm³/mol. The van der Waals surface area contributed by atoms with Gasteiger partial charge in [-0.3, -0.25) is 4.79 Å². The van der Waals surface area contributed by atoms with E-state index in [2.05, 4.69) is 26.0 Å². The highest BCUT2D eigenvalue weighted by Gasteiger charge is 2.16. The zero-order chi connectivity index (χ0) is 14.4. The van der Waals surface area contributed by atoms with Crippen LogP contribution < -0.4 is 10.1 Å². The van der Waals surface area contributed by atoms with E-state index in [-0.39, 0.29) is 17.7 Å². The number of hydrogen-bond acceptors (Lipinski definition) is 2. The van der Waals surface area contributed by atoms with Crippen LogP contribution in [-0.4, -0.2) is 23.9 Å². The molecule has 0 saturated heterocycles. The molecule has 1 rings (SSSR count). The van der Waals surface area contributed by atoms with Crippen molar-refractivity contribution in [2.45, 2.75) is 26.5 Å². The number of carbonyl (C=O) groups excluding carboxylic acids is 1. The zero-order valence-electron chi connectivity index (χ0n) is 10.7. The summed E-state index contributed by atoms with van der Waals surface area (Å²) in [6, 6.07) is 5.63. The number of carbonyl (C=O) groups is 1. The Labute approximate surface area is 119 Å². The topological polar surface area (TPSA) is 38.3 Å². The SMILES string of the molecule is CC(C)C(CBr)NC(=O)c1ccc(OC(F)F)cc1. The van der Waals surface area contributed by atoms with Crippen LogP contribution in [0.3, 0.4) is 0 Å². The van der Waals surface area contributed by atoms with E-state index >= 15 is 0 Å². The van der Waals surface area contributed by atoms with Crippen molar-refractivity contribution in [2.75, 3.05) is 5.33 Å². The van der Waals surface area contributed by atoms with Crippen LogP contribution in [0.4, 0.5) is 8.78 Å². The Morgan fingerprint density at radius 2 is 1.89 bits per heavy atom. The average molecular weight is 336 g/mol. The summed E-state index contributed by atoms with van der Waals surface area (Å²) in [5.74, 6) is 0.0963. The second-order valence-electron chi connectivity index (χ2n) is 4.38. The van der Waals surface area contributed by atoms with Gasteiger partial charge in [-0.1, -0.05) is 29.8 Å². The van der Waals surface area contributed by atoms with Gasteiger partial charge in [0.15, 0.2) is 0 Å². The maximum Gasteiger partial charge on any atom is 0.387 e. The van der Waals surface area contributed by atoms with Crippen molar-refractivity contribution in [1.29, 1.82) is 0 Å². The lowest BCUT2D eigenvalue weighted by atomic mass is 10.1. The lowest BCUT2D eigenvalue weighted by Crippen LogP contribution is -2.39. The summed E-state index contributed by atoms with van der Waals surface area (Å²) in [5.41, 5.74) is 0.410. The van der Waals surface area contributed by atoms with Gasteiger partial charge in [0.2, 0.25) is 0 Å². The molecule has 0 heterocycles. The minimum Gasteiger partial charge on any atom is -0.435 e. The van der Waals surface area contributed by atoms with Gasteiger partial charge in [-0.2, -0.15) is 8.78 Å². The van der Waals surface area contributed by atoms with E-state index in [1.54, 1.807) is 0 Å². The van der Waals surface area contributed by atoms with Gasteiger partial charge in [0.05, 0.1) is 0 Å². The van der Waals surface area contributed by atoms with E-state index in [4.69, 9.17) is 0 Å². The fraction of sp³-hybridized carbons (Fsp3) is 0.462. The maximum absolute atomic E-state index is 12.0. The van der Waals surface area contributed by atoms with Gasteiger partial charge in [-0.25, -0.2) is 0 Å². The molecule has 0 aliphatic carbocycles. The molecule has 1 atom stereocenters. The van der Waals surface area contributed by atoms with E-state index in [0.717, 1.165) is 0 Å². The van der Waals surface area contributed by atoms with E-state index < -0.39 is 6.61 Å². The van der Waals surface area contributed by atoms with Crippen LogP contribution >= 0.6 is 15.9 Å². The highest BCUT2D eigenvalue weighted by atomic mass is 79.9. The van der Waals surface area contributed by atoms with E-state index in [1.807, 2.05) is 13.8 Å². The maximum atomic E-state index is 12.0. The molecule has 106 valence electrons. The Balaban J connectivity index is 2.67. The van der Waals surface area contributed by atoms with Crippen molar-refractivity contribution < 1.29 is 18.3 Å². The fourth-order valence-corrected chi connectivity index (χ4v) is 2.33. The highest BCUT2D eigenvalue weighted by Crippen LogP contribution is 2.15. The molecule has 6 heteroatoms. The number of benzene rings is 1. The molecule has 1 N–H and O–H groups in total. The number of alkyl halides is 3. The summed E-state index contributed by atoms with van der Waals surface area (Å²) in [7, 11) is 0. The molecule has 0 fully saturated rings. The molecular weight excluding hydrogens is 320 g/mol. The largest absolute Gasteiger partial charge is 0.435 e. The molecule has 3 nitrogen and oxygen atoms in total.